The zero-order valence-corrected chi connectivity index (χ0v) is 9.73. The molecule has 0 spiro atoms. The van der Waals surface area contributed by atoms with E-state index in [4.69, 9.17) is 4.74 Å². The molecule has 2 unspecified atom stereocenters. The van der Waals surface area contributed by atoms with Gasteiger partial charge in [0.05, 0.1) is 6.10 Å². The fourth-order valence-electron chi connectivity index (χ4n) is 1.81. The molecule has 0 aromatic rings. The third-order valence-corrected chi connectivity index (χ3v) is 3.14. The first-order chi connectivity index (χ1) is 6.69. The van der Waals surface area contributed by atoms with Gasteiger partial charge in [-0.2, -0.15) is 0 Å². The van der Waals surface area contributed by atoms with Gasteiger partial charge in [-0.15, -0.1) is 0 Å². The quantitative estimate of drug-likeness (QED) is 0.631. The molecule has 0 saturated carbocycles. The molecular weight excluding hydrogens is 176 g/mol. The highest BCUT2D eigenvalue weighted by atomic mass is 16.5. The Balaban J connectivity index is 2.10. The third kappa shape index (κ3) is 3.23. The molecule has 1 aliphatic rings. The lowest BCUT2D eigenvalue weighted by molar-refractivity contribution is 0.0889. The van der Waals surface area contributed by atoms with Gasteiger partial charge in [0, 0.05) is 25.2 Å². The summed E-state index contributed by atoms with van der Waals surface area (Å²) in [5, 5.41) is 6.97. The average Bonchev–Trinajstić information content (AvgIpc) is 2.47. The largest absolute Gasteiger partial charge is 0.377 e. The van der Waals surface area contributed by atoms with Crippen LogP contribution in [0.25, 0.3) is 0 Å². The van der Waals surface area contributed by atoms with Crippen molar-refractivity contribution in [2.24, 2.45) is 0 Å². The Kier molecular flexibility index (Phi) is 4.85. The van der Waals surface area contributed by atoms with Crippen molar-refractivity contribution in [1.82, 2.24) is 10.6 Å². The van der Waals surface area contributed by atoms with Crippen molar-refractivity contribution in [2.45, 2.75) is 45.3 Å². The van der Waals surface area contributed by atoms with E-state index in [1.54, 1.807) is 0 Å². The molecule has 84 valence electrons. The summed E-state index contributed by atoms with van der Waals surface area (Å²) < 4.78 is 5.56. The summed E-state index contributed by atoms with van der Waals surface area (Å²) in [4.78, 5) is 0. The molecule has 1 fully saturated rings. The first kappa shape index (κ1) is 12.0. The Bertz CT molecular complexity index is 163. The van der Waals surface area contributed by atoms with Crippen LogP contribution in [0.15, 0.2) is 0 Å². The van der Waals surface area contributed by atoms with E-state index < -0.39 is 0 Å². The molecule has 0 aromatic carbocycles. The van der Waals surface area contributed by atoms with Crippen molar-refractivity contribution in [1.29, 1.82) is 0 Å². The molecule has 14 heavy (non-hydrogen) atoms. The maximum Gasteiger partial charge on any atom is 0.0726 e. The summed E-state index contributed by atoms with van der Waals surface area (Å²) >= 11 is 0. The van der Waals surface area contributed by atoms with Crippen molar-refractivity contribution in [3.63, 3.8) is 0 Å². The van der Waals surface area contributed by atoms with E-state index in [9.17, 15) is 0 Å². The Morgan fingerprint density at radius 1 is 1.36 bits per heavy atom. The first-order valence-electron chi connectivity index (χ1n) is 5.76. The first-order valence-corrected chi connectivity index (χ1v) is 5.76. The molecule has 0 aliphatic carbocycles. The van der Waals surface area contributed by atoms with Crippen LogP contribution in [0.2, 0.25) is 0 Å². The Labute approximate surface area is 87.6 Å². The highest BCUT2D eigenvalue weighted by Crippen LogP contribution is 2.24. The van der Waals surface area contributed by atoms with Gasteiger partial charge in [-0.25, -0.2) is 0 Å². The number of nitrogens with one attached hydrogen (secondary N) is 2. The van der Waals surface area contributed by atoms with Crippen LogP contribution in [0.5, 0.6) is 0 Å². The summed E-state index contributed by atoms with van der Waals surface area (Å²) in [7, 11) is 0. The van der Waals surface area contributed by atoms with Gasteiger partial charge in [0.2, 0.25) is 0 Å². The molecule has 0 aromatic heterocycles. The monoisotopic (exact) mass is 200 g/mol. The fraction of sp³-hybridized carbons (Fsp3) is 1.00. The van der Waals surface area contributed by atoms with E-state index in [1.807, 2.05) is 0 Å². The Hall–Kier alpha value is -0.120. The maximum absolute atomic E-state index is 5.56. The van der Waals surface area contributed by atoms with Crippen LogP contribution in [0.3, 0.4) is 0 Å². The lowest BCUT2D eigenvalue weighted by Crippen LogP contribution is -2.49. The average molecular weight is 200 g/mol. The second-order valence-corrected chi connectivity index (χ2v) is 4.36. The van der Waals surface area contributed by atoms with E-state index >= 15 is 0 Å². The minimum absolute atomic E-state index is 0.188. The van der Waals surface area contributed by atoms with Crippen LogP contribution < -0.4 is 10.6 Å². The van der Waals surface area contributed by atoms with E-state index in [1.165, 1.54) is 6.42 Å². The Morgan fingerprint density at radius 2 is 2.14 bits per heavy atom. The molecule has 0 amide bonds. The summed E-state index contributed by atoms with van der Waals surface area (Å²) in [5.74, 6) is 0. The highest BCUT2D eigenvalue weighted by Gasteiger charge is 2.35. The molecule has 1 aliphatic heterocycles. The zero-order valence-electron chi connectivity index (χ0n) is 9.73. The number of ether oxygens (including phenoxy) is 1. The lowest BCUT2D eigenvalue weighted by atomic mass is 9.95. The molecule has 2 atom stereocenters. The minimum Gasteiger partial charge on any atom is -0.377 e. The highest BCUT2D eigenvalue weighted by molar-refractivity contribution is 4.93. The van der Waals surface area contributed by atoms with Gasteiger partial charge in [-0.1, -0.05) is 6.92 Å². The predicted octanol–water partition coefficient (Wildman–Crippen LogP) is 1.14. The lowest BCUT2D eigenvalue weighted by Gasteiger charge is -2.29. The van der Waals surface area contributed by atoms with Gasteiger partial charge >= 0.3 is 0 Å². The normalized spacial score (nSPS) is 32.4. The van der Waals surface area contributed by atoms with Gasteiger partial charge in [0.25, 0.3) is 0 Å². The van der Waals surface area contributed by atoms with Crippen molar-refractivity contribution in [3.8, 4) is 0 Å². The minimum atomic E-state index is 0.188. The number of rotatable bonds is 6. The predicted molar refractivity (Wildman–Crippen MR) is 59.6 cm³/mol. The van der Waals surface area contributed by atoms with Gasteiger partial charge in [0.15, 0.2) is 0 Å². The molecule has 0 bridgehead atoms. The molecule has 3 heteroatoms. The smallest absolute Gasteiger partial charge is 0.0726 e. The number of hydrogen-bond donors (Lipinski definition) is 2. The fourth-order valence-corrected chi connectivity index (χ4v) is 1.81. The van der Waals surface area contributed by atoms with Crippen LogP contribution in [0.4, 0.5) is 0 Å². The molecule has 1 rings (SSSR count). The SMILES string of the molecule is CCCNCCNC1(C)CCOC1C. The third-order valence-electron chi connectivity index (χ3n) is 3.14. The summed E-state index contributed by atoms with van der Waals surface area (Å²) in [6.45, 7) is 10.7. The van der Waals surface area contributed by atoms with E-state index in [0.29, 0.717) is 6.10 Å². The van der Waals surface area contributed by atoms with Gasteiger partial charge in [-0.3, -0.25) is 0 Å². The standard InChI is InChI=1S/C11H24N2O/c1-4-6-12-7-8-13-11(3)5-9-14-10(11)2/h10,12-13H,4-9H2,1-3H3. The summed E-state index contributed by atoms with van der Waals surface area (Å²) in [6.07, 6.45) is 2.67. The molecule has 1 saturated heterocycles. The Morgan fingerprint density at radius 3 is 2.71 bits per heavy atom. The summed E-state index contributed by atoms with van der Waals surface area (Å²) in [6, 6.07) is 0. The van der Waals surface area contributed by atoms with Crippen molar-refractivity contribution in [3.05, 3.63) is 0 Å². The van der Waals surface area contributed by atoms with Gasteiger partial charge in [-0.05, 0) is 33.2 Å². The van der Waals surface area contributed by atoms with E-state index in [2.05, 4.69) is 31.4 Å². The van der Waals surface area contributed by atoms with Crippen molar-refractivity contribution < 1.29 is 4.74 Å². The van der Waals surface area contributed by atoms with E-state index in [0.717, 1.165) is 32.7 Å². The molecule has 3 nitrogen and oxygen atoms in total. The van der Waals surface area contributed by atoms with Gasteiger partial charge in [0.1, 0.15) is 0 Å². The maximum atomic E-state index is 5.56. The molecule has 0 radical (unpaired) electrons. The molecule has 1 heterocycles. The van der Waals surface area contributed by atoms with Crippen LogP contribution in [0, 0.1) is 0 Å². The second-order valence-electron chi connectivity index (χ2n) is 4.36. The topological polar surface area (TPSA) is 33.3 Å². The van der Waals surface area contributed by atoms with Gasteiger partial charge < -0.3 is 15.4 Å². The van der Waals surface area contributed by atoms with Crippen LogP contribution >= 0.6 is 0 Å². The second kappa shape index (κ2) is 5.69. The van der Waals surface area contributed by atoms with E-state index in [-0.39, 0.29) is 5.54 Å². The van der Waals surface area contributed by atoms with Crippen molar-refractivity contribution >= 4 is 0 Å². The zero-order chi connectivity index (χ0) is 10.4. The van der Waals surface area contributed by atoms with Crippen LogP contribution in [-0.2, 0) is 4.74 Å². The van der Waals surface area contributed by atoms with Crippen LogP contribution in [-0.4, -0.2) is 37.9 Å². The molecule has 2 N–H and O–H groups in total. The molecular formula is C11H24N2O. The van der Waals surface area contributed by atoms with Crippen LogP contribution in [0.1, 0.15) is 33.6 Å². The number of hydrogen-bond acceptors (Lipinski definition) is 3. The van der Waals surface area contributed by atoms with Crippen molar-refractivity contribution in [2.75, 3.05) is 26.2 Å². The summed E-state index contributed by atoms with van der Waals surface area (Å²) in [5.41, 5.74) is 0.188.